The summed E-state index contributed by atoms with van der Waals surface area (Å²) in [6.45, 7) is 8.30. The molecule has 0 saturated carbocycles. The summed E-state index contributed by atoms with van der Waals surface area (Å²) in [5.74, 6) is -0.281. The molecule has 0 bridgehead atoms. The molecule has 0 amide bonds. The Morgan fingerprint density at radius 1 is 1.27 bits per heavy atom. The molecule has 4 rings (SSSR count). The first-order valence-corrected chi connectivity index (χ1v) is 9.31. The molecule has 0 atom stereocenters. The Morgan fingerprint density at radius 2 is 2.04 bits per heavy atom. The number of carbonyl (C=O) groups excluding carboxylic acids is 1. The highest BCUT2D eigenvalue weighted by Crippen LogP contribution is 2.40. The Labute approximate surface area is 154 Å². The van der Waals surface area contributed by atoms with Gasteiger partial charge < -0.3 is 9.72 Å². The van der Waals surface area contributed by atoms with E-state index in [1.165, 1.54) is 29.6 Å². The Bertz CT molecular complexity index is 1170. The first kappa shape index (κ1) is 16.8. The minimum Gasteiger partial charge on any atom is -0.465 e. The number of thiophene rings is 1. The molecule has 6 nitrogen and oxygen atoms in total. The maximum absolute atomic E-state index is 12.0. The van der Waals surface area contributed by atoms with Gasteiger partial charge in [0.15, 0.2) is 5.65 Å². The number of nitrogens with one attached hydrogen (secondary N) is 1. The van der Waals surface area contributed by atoms with E-state index in [0.29, 0.717) is 4.88 Å². The Balaban J connectivity index is 2.01. The molecule has 0 fully saturated rings. The third kappa shape index (κ3) is 2.20. The maximum atomic E-state index is 12.0. The lowest BCUT2D eigenvalue weighted by Crippen LogP contribution is -2.00. The van der Waals surface area contributed by atoms with Crippen LogP contribution in [0.15, 0.2) is 12.5 Å². The van der Waals surface area contributed by atoms with E-state index in [-0.39, 0.29) is 5.97 Å². The largest absolute Gasteiger partial charge is 0.465 e. The Hall–Kier alpha value is -2.67. The van der Waals surface area contributed by atoms with Gasteiger partial charge in [-0.1, -0.05) is 6.92 Å². The van der Waals surface area contributed by atoms with Crippen molar-refractivity contribution in [3.8, 4) is 11.3 Å². The quantitative estimate of drug-likeness (QED) is 0.550. The molecule has 0 spiro atoms. The summed E-state index contributed by atoms with van der Waals surface area (Å²) in [6.07, 6.45) is 4.46. The summed E-state index contributed by atoms with van der Waals surface area (Å²) in [4.78, 5) is 21.6. The van der Waals surface area contributed by atoms with Gasteiger partial charge in [-0.25, -0.2) is 14.3 Å². The SMILES string of the molecule is CCc1c(-c2cn3ncnc3c(C)c2C)[nH]c2sc(C(=O)OC)c(C)c12. The van der Waals surface area contributed by atoms with E-state index in [9.17, 15) is 4.79 Å². The molecule has 0 aliphatic carbocycles. The number of pyridine rings is 1. The average Bonchev–Trinajstić information content (AvgIpc) is 3.32. The van der Waals surface area contributed by atoms with Crippen LogP contribution in [-0.4, -0.2) is 32.7 Å². The summed E-state index contributed by atoms with van der Waals surface area (Å²) >= 11 is 1.45. The zero-order chi connectivity index (χ0) is 18.6. The van der Waals surface area contributed by atoms with E-state index in [2.05, 4.69) is 35.8 Å². The number of esters is 1. The van der Waals surface area contributed by atoms with E-state index in [1.807, 2.05) is 17.6 Å². The Kier molecular flexibility index (Phi) is 3.84. The molecular weight excluding hydrogens is 348 g/mol. The van der Waals surface area contributed by atoms with Crippen molar-refractivity contribution in [3.63, 3.8) is 0 Å². The van der Waals surface area contributed by atoms with Crippen molar-refractivity contribution in [3.05, 3.63) is 39.7 Å². The number of hydrogen-bond acceptors (Lipinski definition) is 5. The topological polar surface area (TPSA) is 72.3 Å². The minimum atomic E-state index is -0.281. The number of aromatic nitrogens is 4. The molecule has 0 aliphatic heterocycles. The van der Waals surface area contributed by atoms with Gasteiger partial charge in [0.25, 0.3) is 0 Å². The monoisotopic (exact) mass is 368 g/mol. The number of nitrogens with zero attached hydrogens (tertiary/aromatic N) is 3. The molecule has 4 aromatic heterocycles. The molecule has 0 aliphatic rings. The summed E-state index contributed by atoms with van der Waals surface area (Å²) in [5, 5.41) is 5.43. The number of hydrogen-bond donors (Lipinski definition) is 1. The highest BCUT2D eigenvalue weighted by Gasteiger charge is 2.23. The predicted molar refractivity (Wildman–Crippen MR) is 103 cm³/mol. The number of rotatable bonds is 3. The van der Waals surface area contributed by atoms with Crippen molar-refractivity contribution < 1.29 is 9.53 Å². The van der Waals surface area contributed by atoms with Gasteiger partial charge in [-0.3, -0.25) is 0 Å². The fraction of sp³-hybridized carbons (Fsp3) is 0.316. The van der Waals surface area contributed by atoms with Crippen LogP contribution in [0.4, 0.5) is 0 Å². The number of H-pyrrole nitrogens is 1. The van der Waals surface area contributed by atoms with Crippen molar-refractivity contribution in [2.75, 3.05) is 7.11 Å². The first-order chi connectivity index (χ1) is 12.5. The van der Waals surface area contributed by atoms with Crippen molar-refractivity contribution in [2.45, 2.75) is 34.1 Å². The fourth-order valence-electron chi connectivity index (χ4n) is 3.60. The van der Waals surface area contributed by atoms with Crippen LogP contribution in [0.25, 0.3) is 27.1 Å². The van der Waals surface area contributed by atoms with Crippen LogP contribution in [-0.2, 0) is 11.2 Å². The van der Waals surface area contributed by atoms with Gasteiger partial charge in [-0.15, -0.1) is 11.3 Å². The van der Waals surface area contributed by atoms with Gasteiger partial charge in [0.2, 0.25) is 0 Å². The van der Waals surface area contributed by atoms with Gasteiger partial charge in [0.1, 0.15) is 16.0 Å². The average molecular weight is 368 g/mol. The lowest BCUT2D eigenvalue weighted by molar-refractivity contribution is 0.0605. The van der Waals surface area contributed by atoms with Gasteiger partial charge in [0, 0.05) is 17.1 Å². The van der Waals surface area contributed by atoms with Crippen molar-refractivity contribution in [1.82, 2.24) is 19.6 Å². The van der Waals surface area contributed by atoms with Crippen LogP contribution >= 0.6 is 11.3 Å². The first-order valence-electron chi connectivity index (χ1n) is 8.50. The van der Waals surface area contributed by atoms with E-state index in [1.54, 1.807) is 6.33 Å². The van der Waals surface area contributed by atoms with Gasteiger partial charge in [-0.05, 0) is 49.4 Å². The van der Waals surface area contributed by atoms with Crippen LogP contribution in [0, 0.1) is 20.8 Å². The second-order valence-electron chi connectivity index (χ2n) is 6.40. The predicted octanol–water partition coefficient (Wildman–Crippen LogP) is 4.21. The number of ether oxygens (including phenoxy) is 1. The van der Waals surface area contributed by atoms with Crippen LogP contribution in [0.1, 0.15) is 38.8 Å². The van der Waals surface area contributed by atoms with Crippen molar-refractivity contribution in [1.29, 1.82) is 0 Å². The van der Waals surface area contributed by atoms with Crippen molar-refractivity contribution >= 4 is 33.2 Å². The second-order valence-corrected chi connectivity index (χ2v) is 7.43. The molecule has 0 saturated heterocycles. The third-order valence-electron chi connectivity index (χ3n) is 5.11. The van der Waals surface area contributed by atoms with E-state index in [4.69, 9.17) is 4.74 Å². The molecule has 0 unspecified atom stereocenters. The molecule has 26 heavy (non-hydrogen) atoms. The van der Waals surface area contributed by atoms with Crippen molar-refractivity contribution in [2.24, 2.45) is 0 Å². The molecule has 4 heterocycles. The van der Waals surface area contributed by atoms with Crippen LogP contribution in [0.3, 0.4) is 0 Å². The van der Waals surface area contributed by atoms with Gasteiger partial charge in [-0.2, -0.15) is 5.10 Å². The second kappa shape index (κ2) is 5.95. The number of aryl methyl sites for hydroxylation is 3. The lowest BCUT2D eigenvalue weighted by Gasteiger charge is -2.11. The van der Waals surface area contributed by atoms with Gasteiger partial charge in [0.05, 0.1) is 12.8 Å². The summed E-state index contributed by atoms with van der Waals surface area (Å²) in [7, 11) is 1.42. The highest BCUT2D eigenvalue weighted by molar-refractivity contribution is 7.20. The molecule has 4 aromatic rings. The zero-order valence-electron chi connectivity index (χ0n) is 15.4. The lowest BCUT2D eigenvalue weighted by atomic mass is 9.98. The highest BCUT2D eigenvalue weighted by atomic mass is 32.1. The molecule has 1 N–H and O–H groups in total. The van der Waals surface area contributed by atoms with E-state index >= 15 is 0 Å². The minimum absolute atomic E-state index is 0.281. The normalized spacial score (nSPS) is 11.6. The zero-order valence-corrected chi connectivity index (χ0v) is 16.2. The smallest absolute Gasteiger partial charge is 0.348 e. The number of aromatic amines is 1. The third-order valence-corrected chi connectivity index (χ3v) is 6.30. The van der Waals surface area contributed by atoms with Crippen LogP contribution < -0.4 is 0 Å². The molecule has 134 valence electrons. The fourth-order valence-corrected chi connectivity index (χ4v) is 4.76. The van der Waals surface area contributed by atoms with Crippen LogP contribution in [0.2, 0.25) is 0 Å². The number of fused-ring (bicyclic) bond motifs is 2. The van der Waals surface area contributed by atoms with Gasteiger partial charge >= 0.3 is 5.97 Å². The summed E-state index contributed by atoms with van der Waals surface area (Å²) in [6, 6.07) is 0. The van der Waals surface area contributed by atoms with Crippen LogP contribution in [0.5, 0.6) is 0 Å². The summed E-state index contributed by atoms with van der Waals surface area (Å²) in [5.41, 5.74) is 7.57. The number of methoxy groups -OCH3 is 1. The molecular formula is C19H20N4O2S. The Morgan fingerprint density at radius 3 is 2.73 bits per heavy atom. The molecule has 0 aromatic carbocycles. The van der Waals surface area contributed by atoms with E-state index < -0.39 is 0 Å². The molecule has 0 radical (unpaired) electrons. The summed E-state index contributed by atoms with van der Waals surface area (Å²) < 4.78 is 6.74. The van der Waals surface area contributed by atoms with E-state index in [0.717, 1.165) is 44.7 Å². The standard InChI is InChI=1S/C19H20N4O2S/c1-6-12-14-11(4)16(19(24)25-5)26-18(14)22-15(12)13-7-23-17(20-8-21-23)10(3)9(13)2/h7-8,22H,6H2,1-5H3. The maximum Gasteiger partial charge on any atom is 0.348 e. The molecule has 7 heteroatoms. The number of carbonyl (C=O) groups is 1.